The van der Waals surface area contributed by atoms with E-state index in [1.807, 2.05) is 43.5 Å². The Hall–Kier alpha value is -7.40. The first kappa shape index (κ1) is 75.1. The van der Waals surface area contributed by atoms with E-state index in [0.717, 1.165) is 15.6 Å². The Morgan fingerprint density at radius 1 is 0.678 bits per heavy atom. The molecule has 2 aliphatic rings. The van der Waals surface area contributed by atoms with Gasteiger partial charge in [-0.05, 0) is 91.5 Å². The van der Waals surface area contributed by atoms with Crippen LogP contribution in [-0.4, -0.2) is 167 Å². The second kappa shape index (κ2) is 34.7. The van der Waals surface area contributed by atoms with Crippen molar-refractivity contribution in [1.29, 1.82) is 0 Å². The van der Waals surface area contributed by atoms with Gasteiger partial charge in [-0.1, -0.05) is 106 Å². The number of alkyl halides is 2. The van der Waals surface area contributed by atoms with E-state index < -0.39 is 211 Å². The third kappa shape index (κ3) is 20.0. The number of benzene rings is 1. The van der Waals surface area contributed by atoms with Gasteiger partial charge in [-0.15, -0.1) is 11.3 Å². The highest BCUT2D eigenvalue weighted by Crippen LogP contribution is 2.48. The molecular weight excluding hydrogens is 1200 g/mol. The van der Waals surface area contributed by atoms with Gasteiger partial charge in [-0.3, -0.25) is 52.7 Å². The number of aliphatic hydroxyl groups excluding tert-OH is 2. The molecule has 0 unspecified atom stereocenters. The zero-order chi connectivity index (χ0) is 67.5. The maximum Gasteiger partial charge on any atom is 0.329 e. The van der Waals surface area contributed by atoms with Crippen LogP contribution in [0.15, 0.2) is 29.6 Å². The maximum atomic E-state index is 14.4. The number of fused-ring (bicyclic) bond motifs is 1. The Morgan fingerprint density at radius 3 is 1.71 bits per heavy atom. The van der Waals surface area contributed by atoms with Crippen LogP contribution in [0.1, 0.15) is 140 Å². The van der Waals surface area contributed by atoms with Gasteiger partial charge in [0.1, 0.15) is 66.0 Å². The predicted molar refractivity (Wildman–Crippen MR) is 328 cm³/mol. The van der Waals surface area contributed by atoms with Crippen molar-refractivity contribution in [2.24, 2.45) is 41.2 Å². The van der Waals surface area contributed by atoms with E-state index in [9.17, 15) is 76.5 Å². The fourth-order valence-corrected chi connectivity index (χ4v) is 11.4. The average molecular weight is 1290 g/mol. The monoisotopic (exact) mass is 1290 g/mol. The molecule has 1 saturated carbocycles. The molecule has 1 aromatic carbocycles. The summed E-state index contributed by atoms with van der Waals surface area (Å²) in [5.74, 6) is -15.3. The maximum absolute atomic E-state index is 14.4. The van der Waals surface area contributed by atoms with Crippen molar-refractivity contribution in [2.45, 2.75) is 213 Å². The van der Waals surface area contributed by atoms with Crippen molar-refractivity contribution in [3.63, 3.8) is 0 Å². The number of amides is 11. The average Bonchev–Trinajstić information content (AvgIpc) is 1.60. The molecule has 2 heterocycles. The molecule has 90 heavy (non-hydrogen) atoms. The number of hydrogen-bond acceptors (Lipinski definition) is 16. The summed E-state index contributed by atoms with van der Waals surface area (Å²) < 4.78 is 33.8. The van der Waals surface area contributed by atoms with Gasteiger partial charge < -0.3 is 73.9 Å². The van der Waals surface area contributed by atoms with Gasteiger partial charge in [0.05, 0.1) is 13.2 Å². The topological polar surface area (TPSA) is 401 Å². The summed E-state index contributed by atoms with van der Waals surface area (Å²) >= 11 is 1.56. The quantitative estimate of drug-likeness (QED) is 0.0450. The van der Waals surface area contributed by atoms with Crippen molar-refractivity contribution >= 4 is 92.4 Å². The van der Waals surface area contributed by atoms with E-state index in [-0.39, 0.29) is 19.3 Å². The summed E-state index contributed by atoms with van der Waals surface area (Å²) in [6.45, 7) is 15.7. The van der Waals surface area contributed by atoms with Crippen LogP contribution in [0.5, 0.6) is 0 Å². The summed E-state index contributed by atoms with van der Waals surface area (Å²) in [5, 5.41) is 49.2. The van der Waals surface area contributed by atoms with E-state index in [0.29, 0.717) is 25.7 Å². The molecule has 2 fully saturated rings. The lowest BCUT2D eigenvalue weighted by Crippen LogP contribution is -2.63. The van der Waals surface area contributed by atoms with Crippen LogP contribution < -0.4 is 58.9 Å². The molecule has 1 aliphatic heterocycles. The molecule has 1 aliphatic carbocycles. The second-order valence-corrected chi connectivity index (χ2v) is 24.8. The van der Waals surface area contributed by atoms with E-state index in [1.165, 1.54) is 13.8 Å². The minimum absolute atomic E-state index is 0.183. The van der Waals surface area contributed by atoms with Crippen molar-refractivity contribution in [3.8, 4) is 0 Å². The first-order chi connectivity index (χ1) is 42.4. The Morgan fingerprint density at radius 2 is 1.19 bits per heavy atom. The van der Waals surface area contributed by atoms with E-state index >= 15 is 0 Å². The molecule has 11 amide bonds. The summed E-state index contributed by atoms with van der Waals surface area (Å²) in [6.07, 6.45) is -4.12. The molecule has 29 heteroatoms. The highest BCUT2D eigenvalue weighted by molar-refractivity contribution is 7.17. The number of cyclic esters (lactones) is 1. The fourth-order valence-electron chi connectivity index (χ4n) is 10.4. The minimum atomic E-state index is -2.83. The zero-order valence-electron chi connectivity index (χ0n) is 53.1. The van der Waals surface area contributed by atoms with Gasteiger partial charge in [0, 0.05) is 23.5 Å². The molecule has 1 spiro atoms. The van der Waals surface area contributed by atoms with Crippen LogP contribution in [0, 0.1) is 35.5 Å². The van der Waals surface area contributed by atoms with Crippen molar-refractivity contribution in [3.05, 3.63) is 35.2 Å². The minimum Gasteiger partial charge on any atom is -0.458 e. The second-order valence-electron chi connectivity index (χ2n) is 23.9. The van der Waals surface area contributed by atoms with Crippen LogP contribution in [0.25, 0.3) is 10.1 Å². The van der Waals surface area contributed by atoms with E-state index in [1.54, 1.807) is 59.8 Å². The molecule has 0 bridgehead atoms. The Labute approximate surface area is 527 Å². The molecule has 1 aromatic heterocycles. The number of rotatable bonds is 32. The van der Waals surface area contributed by atoms with Crippen LogP contribution in [0.4, 0.5) is 8.78 Å². The molecule has 502 valence electrons. The highest BCUT2D eigenvalue weighted by atomic mass is 32.1. The number of primary amides is 1. The summed E-state index contributed by atoms with van der Waals surface area (Å²) in [5.41, 5.74) is 4.61. The van der Waals surface area contributed by atoms with Gasteiger partial charge >= 0.3 is 5.97 Å². The number of carbonyl (C=O) groups excluding carboxylic acids is 12. The third-order valence-corrected chi connectivity index (χ3v) is 18.4. The SMILES string of the molecule is CC[C@H](Cc1csc2ccccc12)C(=O)N[C@H](C(=O)N[C@@H](CO)C(=O)N[C@H](CCC(N)=O)C(=O)N[C@@H](C(=O)N[C@H](C(=O)N[C@@H](CO)C(=O)N[C@H]1C(=O)N[C@@H](C)C(=O)N[C@@]2(C[C@H]2CC(F)F)C(=O)N[C@@H]([C@@H](C)CC)C(=O)O[C@H]1C)[C@@H](C)CC)[C@@H](C)CC)[C@@H](C)CC. The first-order valence-electron chi connectivity index (χ1n) is 31.0. The lowest BCUT2D eigenvalue weighted by atomic mass is 9.93. The van der Waals surface area contributed by atoms with Gasteiger partial charge in [-0.2, -0.15) is 0 Å². The number of halogens is 2. The van der Waals surface area contributed by atoms with Crippen molar-refractivity contribution in [1.82, 2.24) is 53.2 Å². The fraction of sp³-hybridized carbons (Fsp3) is 0.672. The smallest absolute Gasteiger partial charge is 0.329 e. The van der Waals surface area contributed by atoms with Crippen LogP contribution in [0.2, 0.25) is 0 Å². The summed E-state index contributed by atoms with van der Waals surface area (Å²) in [4.78, 5) is 166. The van der Waals surface area contributed by atoms with Gasteiger partial charge in [0.25, 0.3) is 0 Å². The Kier molecular flexibility index (Phi) is 28.9. The first-order valence-corrected chi connectivity index (χ1v) is 31.8. The number of thiophene rings is 1. The molecule has 1 saturated heterocycles. The molecule has 14 N–H and O–H groups in total. The molecule has 0 radical (unpaired) electrons. The number of hydrogen-bond donors (Lipinski definition) is 13. The van der Waals surface area contributed by atoms with Gasteiger partial charge in [-0.25, -0.2) is 13.6 Å². The molecule has 4 rings (SSSR count). The number of aliphatic hydroxyl groups is 2. The number of nitrogens with one attached hydrogen (secondary N) is 10. The van der Waals surface area contributed by atoms with Crippen LogP contribution in [-0.2, 0) is 68.7 Å². The molecule has 26 nitrogen and oxygen atoms in total. The van der Waals surface area contributed by atoms with E-state index in [2.05, 4.69) is 53.2 Å². The van der Waals surface area contributed by atoms with Crippen molar-refractivity contribution < 1.29 is 81.3 Å². The van der Waals surface area contributed by atoms with Gasteiger partial charge in [0.2, 0.25) is 71.4 Å². The normalized spacial score (nSPS) is 23.2. The number of ether oxygens (including phenoxy) is 1. The predicted octanol–water partition coefficient (Wildman–Crippen LogP) is 0.763. The Bertz CT molecular complexity index is 2880. The molecule has 2 aromatic rings. The van der Waals surface area contributed by atoms with Crippen LogP contribution in [0.3, 0.4) is 0 Å². The number of carbonyl (C=O) groups is 12. The lowest BCUT2D eigenvalue weighted by molar-refractivity contribution is -0.157. The van der Waals surface area contributed by atoms with Crippen LogP contribution >= 0.6 is 11.3 Å². The standard InChI is InChI=1S/C61H93F2N11O15S/c1-12-29(6)45(69-51(79)35(16-5)23-36-28-90-42-20-18-17-19-38(36)42)55(83)67-40(26-75)53(81)66-39(21-22-44(64)77)52(80)70-47(31(8)14-3)57(85)71-46(30(7)13-2)56(84)68-41(27-76)54(82)72-49-34(11)89-59(87)48(32(9)15-4)73-60(88)61(25-37(61)24-43(62)63)74-50(78)33(10)65-58(49)86/h17-20,28-35,37,39-41,43,45-49,75-76H,12-16,21-27H2,1-11H3,(H2,64,77)(H,65,86)(H,66,81)(H,67,83)(H,68,84)(H,69,79)(H,70,80)(H,71,85)(H,72,82)(H,73,88)(H,74,78)/t29-,30-,31-,32-,33-,34-,35+,37+,39+,40-,41-,45-,46-,47+,48-,49+,61+/m0/s1. The van der Waals surface area contributed by atoms with Gasteiger partial charge in [0.15, 0.2) is 0 Å². The van der Waals surface area contributed by atoms with E-state index in [4.69, 9.17) is 10.5 Å². The molecule has 17 atom stereocenters. The third-order valence-electron chi connectivity index (χ3n) is 17.4. The zero-order valence-corrected chi connectivity index (χ0v) is 53.9. The van der Waals surface area contributed by atoms with Crippen molar-refractivity contribution in [2.75, 3.05) is 13.2 Å². The largest absolute Gasteiger partial charge is 0.458 e. The number of nitrogens with two attached hydrogens (primary N) is 1. The molecular formula is C61H93F2N11O15S. The number of esters is 1. The summed E-state index contributed by atoms with van der Waals surface area (Å²) in [7, 11) is 0. The Balaban J connectivity index is 1.52. The highest BCUT2D eigenvalue weighted by Gasteiger charge is 2.62. The summed E-state index contributed by atoms with van der Waals surface area (Å²) in [6, 6.07) is -6.15. The lowest BCUT2D eigenvalue weighted by Gasteiger charge is -2.31.